The number of carbonyl (C=O) groups is 1. The predicted octanol–water partition coefficient (Wildman–Crippen LogP) is 1.08. The summed E-state index contributed by atoms with van der Waals surface area (Å²) in [6.45, 7) is 2.17. The first kappa shape index (κ1) is 20.2. The summed E-state index contributed by atoms with van der Waals surface area (Å²) in [5.41, 5.74) is -0.259. The molecule has 3 rings (SSSR count). The third-order valence-corrected chi connectivity index (χ3v) is 4.58. The molecule has 29 heavy (non-hydrogen) atoms. The lowest BCUT2D eigenvalue weighted by Crippen LogP contribution is -2.43. The molecule has 0 radical (unpaired) electrons. The number of carbonyl (C=O) groups excluding carboxylic acids is 1. The van der Waals surface area contributed by atoms with Gasteiger partial charge in [0.05, 0.1) is 7.11 Å². The number of hydrogen-bond acceptors (Lipinski definition) is 6. The molecule has 0 saturated carbocycles. The number of nitrogens with zero attached hydrogens (tertiary/aromatic N) is 4. The molecular formula is C20H23N5O4. The number of benzene rings is 1. The molecule has 0 aliphatic rings. The van der Waals surface area contributed by atoms with Crippen molar-refractivity contribution < 1.29 is 9.53 Å². The topological polar surface area (TPSA) is 108 Å². The van der Waals surface area contributed by atoms with Gasteiger partial charge in [-0.2, -0.15) is 0 Å². The van der Waals surface area contributed by atoms with Gasteiger partial charge in [-0.3, -0.25) is 18.7 Å². The molecule has 9 nitrogen and oxygen atoms in total. The van der Waals surface area contributed by atoms with Crippen molar-refractivity contribution in [3.05, 3.63) is 51.3 Å². The van der Waals surface area contributed by atoms with Gasteiger partial charge >= 0.3 is 5.69 Å². The van der Waals surface area contributed by atoms with Gasteiger partial charge in [0.2, 0.25) is 5.91 Å². The first-order valence-electron chi connectivity index (χ1n) is 9.34. The molecule has 1 amide bonds. The second kappa shape index (κ2) is 8.68. The molecule has 3 aromatic rings. The van der Waals surface area contributed by atoms with E-state index in [1.807, 2.05) is 6.92 Å². The second-order valence-electron chi connectivity index (χ2n) is 6.60. The van der Waals surface area contributed by atoms with Crippen molar-refractivity contribution in [3.63, 3.8) is 0 Å². The smallest absolute Gasteiger partial charge is 0.332 e. The number of aromatic nitrogens is 4. The van der Waals surface area contributed by atoms with Gasteiger partial charge in [0.1, 0.15) is 17.7 Å². The first-order valence-corrected chi connectivity index (χ1v) is 9.34. The number of amides is 1. The number of ether oxygens (including phenoxy) is 1. The average Bonchev–Trinajstić information content (AvgIpc) is 2.75. The van der Waals surface area contributed by atoms with Crippen LogP contribution < -0.4 is 21.3 Å². The molecule has 1 N–H and O–H groups in total. The summed E-state index contributed by atoms with van der Waals surface area (Å²) in [6.07, 6.45) is 3.15. The summed E-state index contributed by atoms with van der Waals surface area (Å²) in [7, 11) is 3.09. The highest BCUT2D eigenvalue weighted by molar-refractivity contribution is 5.78. The van der Waals surface area contributed by atoms with E-state index in [0.717, 1.165) is 23.0 Å². The van der Waals surface area contributed by atoms with Crippen LogP contribution in [0, 0.1) is 0 Å². The molecule has 1 aromatic carbocycles. The summed E-state index contributed by atoms with van der Waals surface area (Å²) < 4.78 is 7.30. The Bertz CT molecular complexity index is 1150. The van der Waals surface area contributed by atoms with Crippen molar-refractivity contribution >= 4 is 16.9 Å². The predicted molar refractivity (Wildman–Crippen MR) is 109 cm³/mol. The first-order chi connectivity index (χ1) is 14.0. The number of fused-ring (bicyclic) bond motifs is 1. The Morgan fingerprint density at radius 1 is 1.21 bits per heavy atom. The van der Waals surface area contributed by atoms with Crippen LogP contribution in [0.5, 0.6) is 5.75 Å². The van der Waals surface area contributed by atoms with Crippen molar-refractivity contribution in [2.45, 2.75) is 26.3 Å². The lowest BCUT2D eigenvalue weighted by atomic mass is 10.2. The number of hydrogen-bond donors (Lipinski definition) is 1. The minimum atomic E-state index is -0.604. The van der Waals surface area contributed by atoms with Crippen LogP contribution in [0.2, 0.25) is 0 Å². The number of methoxy groups -OCH3 is 1. The minimum absolute atomic E-state index is 0.172. The quantitative estimate of drug-likeness (QED) is 0.598. The Morgan fingerprint density at radius 3 is 2.59 bits per heavy atom. The van der Waals surface area contributed by atoms with E-state index in [1.165, 1.54) is 17.8 Å². The van der Waals surface area contributed by atoms with Crippen molar-refractivity contribution in [2.24, 2.45) is 7.05 Å². The van der Waals surface area contributed by atoms with Gasteiger partial charge in [-0.05, 0) is 30.7 Å². The lowest BCUT2D eigenvalue weighted by molar-refractivity contribution is -0.121. The molecule has 0 aliphatic carbocycles. The zero-order valence-electron chi connectivity index (χ0n) is 16.6. The zero-order valence-corrected chi connectivity index (χ0v) is 16.6. The summed E-state index contributed by atoms with van der Waals surface area (Å²) in [5, 5.41) is 2.88. The van der Waals surface area contributed by atoms with E-state index in [0.29, 0.717) is 18.1 Å². The highest BCUT2D eigenvalue weighted by atomic mass is 16.5. The maximum absolute atomic E-state index is 12.8. The Labute approximate surface area is 167 Å². The van der Waals surface area contributed by atoms with Crippen LogP contribution in [0.15, 0.2) is 40.1 Å². The van der Waals surface area contributed by atoms with Gasteiger partial charge in [0.15, 0.2) is 11.5 Å². The minimum Gasteiger partial charge on any atom is -0.497 e. The van der Waals surface area contributed by atoms with Gasteiger partial charge in [-0.1, -0.05) is 13.3 Å². The van der Waals surface area contributed by atoms with E-state index >= 15 is 0 Å². The van der Waals surface area contributed by atoms with E-state index in [-0.39, 0.29) is 23.5 Å². The Hall–Kier alpha value is -3.49. The van der Waals surface area contributed by atoms with Crippen molar-refractivity contribution in [1.82, 2.24) is 24.4 Å². The fourth-order valence-corrected chi connectivity index (χ4v) is 2.91. The van der Waals surface area contributed by atoms with Crippen LogP contribution in [-0.4, -0.2) is 38.7 Å². The summed E-state index contributed by atoms with van der Waals surface area (Å²) in [6, 6.07) is 7.13. The highest BCUT2D eigenvalue weighted by Crippen LogP contribution is 2.19. The number of unbranched alkanes of at least 4 members (excludes halogenated alkanes) is 1. The van der Waals surface area contributed by atoms with Crippen LogP contribution in [0.25, 0.3) is 22.4 Å². The van der Waals surface area contributed by atoms with Crippen molar-refractivity contribution in [1.29, 1.82) is 0 Å². The van der Waals surface area contributed by atoms with E-state index in [1.54, 1.807) is 31.4 Å². The molecular weight excluding hydrogens is 374 g/mol. The molecule has 0 saturated heterocycles. The van der Waals surface area contributed by atoms with E-state index in [4.69, 9.17) is 4.74 Å². The van der Waals surface area contributed by atoms with Crippen LogP contribution in [0.3, 0.4) is 0 Å². The number of aryl methyl sites for hydroxylation is 1. The molecule has 152 valence electrons. The molecule has 0 bridgehead atoms. The van der Waals surface area contributed by atoms with Crippen LogP contribution in [0.1, 0.15) is 19.8 Å². The van der Waals surface area contributed by atoms with Crippen molar-refractivity contribution in [2.75, 3.05) is 13.7 Å². The third kappa shape index (κ3) is 4.18. The molecule has 0 fully saturated rings. The molecule has 0 spiro atoms. The van der Waals surface area contributed by atoms with E-state index < -0.39 is 11.2 Å². The van der Waals surface area contributed by atoms with Crippen LogP contribution >= 0.6 is 0 Å². The normalized spacial score (nSPS) is 10.9. The summed E-state index contributed by atoms with van der Waals surface area (Å²) >= 11 is 0. The molecule has 0 unspecified atom stereocenters. The lowest BCUT2D eigenvalue weighted by Gasteiger charge is -2.11. The van der Waals surface area contributed by atoms with E-state index in [2.05, 4.69) is 15.3 Å². The number of nitrogens with one attached hydrogen (secondary N) is 1. The summed E-state index contributed by atoms with van der Waals surface area (Å²) in [5.74, 6) is 0.694. The standard InChI is InChI=1S/C20H23N5O4/c1-4-5-10-21-16(26)12-25-19(27)15-11-22-17(23-18(15)24(2)20(25)28)13-6-8-14(29-3)9-7-13/h6-9,11H,4-5,10,12H2,1-3H3,(H,21,26). The zero-order chi connectivity index (χ0) is 21.0. The van der Waals surface area contributed by atoms with Gasteiger partial charge in [-0.25, -0.2) is 14.8 Å². The average molecular weight is 397 g/mol. The Morgan fingerprint density at radius 2 is 1.93 bits per heavy atom. The molecule has 9 heteroatoms. The van der Waals surface area contributed by atoms with Gasteiger partial charge in [0, 0.05) is 25.4 Å². The highest BCUT2D eigenvalue weighted by Gasteiger charge is 2.16. The molecule has 2 heterocycles. The monoisotopic (exact) mass is 397 g/mol. The second-order valence-corrected chi connectivity index (χ2v) is 6.60. The molecule has 0 atom stereocenters. The summed E-state index contributed by atoms with van der Waals surface area (Å²) in [4.78, 5) is 46.2. The van der Waals surface area contributed by atoms with Gasteiger partial charge in [-0.15, -0.1) is 0 Å². The fourth-order valence-electron chi connectivity index (χ4n) is 2.91. The fraction of sp³-hybridized carbons (Fsp3) is 0.350. The Balaban J connectivity index is 2.00. The van der Waals surface area contributed by atoms with Gasteiger partial charge < -0.3 is 10.1 Å². The molecule has 0 aliphatic heterocycles. The largest absolute Gasteiger partial charge is 0.497 e. The van der Waals surface area contributed by atoms with Gasteiger partial charge in [0.25, 0.3) is 5.56 Å². The van der Waals surface area contributed by atoms with Crippen LogP contribution in [-0.2, 0) is 18.4 Å². The Kier molecular flexibility index (Phi) is 6.06. The maximum Gasteiger partial charge on any atom is 0.332 e. The van der Waals surface area contributed by atoms with Crippen LogP contribution in [0.4, 0.5) is 0 Å². The van der Waals surface area contributed by atoms with Crippen molar-refractivity contribution in [3.8, 4) is 17.1 Å². The molecule has 2 aromatic heterocycles. The SMILES string of the molecule is CCCCNC(=O)Cn1c(=O)c2cnc(-c3ccc(OC)cc3)nc2n(C)c1=O. The number of rotatable bonds is 7. The maximum atomic E-state index is 12.8. The van der Waals surface area contributed by atoms with E-state index in [9.17, 15) is 14.4 Å². The third-order valence-electron chi connectivity index (χ3n) is 4.58.